The van der Waals surface area contributed by atoms with Crippen LogP contribution in [0.15, 0.2) is 48.5 Å². The maximum Gasteiger partial charge on any atom is 0.237 e. The third-order valence-corrected chi connectivity index (χ3v) is 7.85. The fourth-order valence-corrected chi connectivity index (χ4v) is 5.33. The van der Waals surface area contributed by atoms with Gasteiger partial charge in [0.05, 0.1) is 13.2 Å². The summed E-state index contributed by atoms with van der Waals surface area (Å²) < 4.78 is 19.5. The molecule has 0 unspecified atom stereocenters. The number of carbonyl (C=O) groups excluding carboxylic acids is 1. The Morgan fingerprint density at radius 3 is 2.24 bits per heavy atom. The highest BCUT2D eigenvalue weighted by Crippen LogP contribution is 2.40. The van der Waals surface area contributed by atoms with Gasteiger partial charge in [-0.15, -0.1) is 0 Å². The molecule has 1 spiro atoms. The van der Waals surface area contributed by atoms with Crippen LogP contribution < -0.4 is 4.74 Å². The molecule has 0 bridgehead atoms. The standard InChI is InChI=1S/C28H36FN3O2/c1-2-30-17-15-28(16-18-30)14-13-27(33)31(32(28)20-23-5-9-25(29)10-6-23)19-22-7-11-26(12-8-22)34-21-24-3-4-24/h5-12,24H,2-4,13-21H2,1H3. The first kappa shape index (κ1) is 23.3. The minimum atomic E-state index is -0.231. The predicted octanol–water partition coefficient (Wildman–Crippen LogP) is 5.01. The van der Waals surface area contributed by atoms with Gasteiger partial charge in [-0.2, -0.15) is 0 Å². The summed E-state index contributed by atoms with van der Waals surface area (Å²) >= 11 is 0. The van der Waals surface area contributed by atoms with Gasteiger partial charge in [0.15, 0.2) is 0 Å². The minimum absolute atomic E-state index is 0.0404. The van der Waals surface area contributed by atoms with Gasteiger partial charge in [-0.05, 0) is 93.0 Å². The summed E-state index contributed by atoms with van der Waals surface area (Å²) in [7, 11) is 0. The third-order valence-electron chi connectivity index (χ3n) is 7.85. The van der Waals surface area contributed by atoms with Gasteiger partial charge in [0.25, 0.3) is 0 Å². The molecule has 34 heavy (non-hydrogen) atoms. The van der Waals surface area contributed by atoms with E-state index in [9.17, 15) is 9.18 Å². The van der Waals surface area contributed by atoms with Crippen molar-refractivity contribution in [3.05, 3.63) is 65.5 Å². The Morgan fingerprint density at radius 1 is 0.941 bits per heavy atom. The molecule has 1 aliphatic carbocycles. The van der Waals surface area contributed by atoms with Crippen molar-refractivity contribution in [1.29, 1.82) is 0 Å². The molecule has 1 amide bonds. The van der Waals surface area contributed by atoms with Gasteiger partial charge >= 0.3 is 0 Å². The number of likely N-dealkylation sites (tertiary alicyclic amines) is 1. The van der Waals surface area contributed by atoms with Gasteiger partial charge < -0.3 is 9.64 Å². The van der Waals surface area contributed by atoms with E-state index >= 15 is 0 Å². The number of halogens is 1. The number of hydrogen-bond acceptors (Lipinski definition) is 4. The molecular formula is C28H36FN3O2. The fourth-order valence-electron chi connectivity index (χ4n) is 5.33. The molecule has 2 heterocycles. The Morgan fingerprint density at radius 2 is 1.59 bits per heavy atom. The molecule has 0 atom stereocenters. The zero-order valence-electron chi connectivity index (χ0n) is 20.2. The van der Waals surface area contributed by atoms with E-state index in [-0.39, 0.29) is 17.3 Å². The number of amides is 1. The van der Waals surface area contributed by atoms with Crippen molar-refractivity contribution in [3.63, 3.8) is 0 Å². The van der Waals surface area contributed by atoms with E-state index in [1.165, 1.54) is 25.0 Å². The summed E-state index contributed by atoms with van der Waals surface area (Å²) in [6.45, 7) is 7.32. The van der Waals surface area contributed by atoms with Crippen LogP contribution in [0, 0.1) is 11.7 Å². The molecule has 2 aliphatic heterocycles. The molecular weight excluding hydrogens is 429 g/mol. The van der Waals surface area contributed by atoms with Crippen LogP contribution in [0.3, 0.4) is 0 Å². The number of hydrazine groups is 1. The van der Waals surface area contributed by atoms with Crippen LogP contribution in [0.25, 0.3) is 0 Å². The molecule has 1 saturated carbocycles. The quantitative estimate of drug-likeness (QED) is 0.549. The molecule has 3 aliphatic rings. The molecule has 2 aromatic rings. The fraction of sp³-hybridized carbons (Fsp3) is 0.536. The lowest BCUT2D eigenvalue weighted by molar-refractivity contribution is -0.191. The number of benzene rings is 2. The van der Waals surface area contributed by atoms with E-state index < -0.39 is 0 Å². The summed E-state index contributed by atoms with van der Waals surface area (Å²) in [6, 6.07) is 14.9. The first-order valence-electron chi connectivity index (χ1n) is 12.8. The second kappa shape index (κ2) is 10.0. The minimum Gasteiger partial charge on any atom is -0.493 e. The normalized spacial score (nSPS) is 21.2. The van der Waals surface area contributed by atoms with Crippen LogP contribution in [-0.4, -0.2) is 52.6 Å². The van der Waals surface area contributed by atoms with E-state index in [0.717, 1.165) is 68.3 Å². The molecule has 6 heteroatoms. The van der Waals surface area contributed by atoms with E-state index in [2.05, 4.69) is 29.0 Å². The number of piperidine rings is 1. The van der Waals surface area contributed by atoms with Crippen molar-refractivity contribution in [3.8, 4) is 5.75 Å². The molecule has 0 radical (unpaired) electrons. The second-order valence-electron chi connectivity index (χ2n) is 10.2. The van der Waals surface area contributed by atoms with Crippen molar-refractivity contribution in [2.75, 3.05) is 26.2 Å². The summed E-state index contributed by atoms with van der Waals surface area (Å²) in [6.07, 6.45) is 6.09. The predicted molar refractivity (Wildman–Crippen MR) is 130 cm³/mol. The molecule has 0 N–H and O–H groups in total. The average molecular weight is 466 g/mol. The monoisotopic (exact) mass is 465 g/mol. The van der Waals surface area contributed by atoms with E-state index in [1.54, 1.807) is 0 Å². The van der Waals surface area contributed by atoms with Crippen LogP contribution in [0.5, 0.6) is 5.75 Å². The third kappa shape index (κ3) is 5.28. The zero-order chi connectivity index (χ0) is 23.5. The Bertz CT molecular complexity index is 966. The zero-order valence-corrected chi connectivity index (χ0v) is 20.2. The number of hydrogen-bond donors (Lipinski definition) is 0. The number of nitrogens with zero attached hydrogens (tertiary/aromatic N) is 3. The molecule has 2 saturated heterocycles. The van der Waals surface area contributed by atoms with Gasteiger partial charge in [-0.25, -0.2) is 9.40 Å². The van der Waals surface area contributed by atoms with Gasteiger partial charge in [-0.3, -0.25) is 9.80 Å². The number of rotatable bonds is 8. The SMILES string of the molecule is CCN1CCC2(CCC(=O)N(Cc3ccc(OCC4CC4)cc3)N2Cc2ccc(F)cc2)CC1. The maximum absolute atomic E-state index is 13.6. The molecule has 5 nitrogen and oxygen atoms in total. The largest absolute Gasteiger partial charge is 0.493 e. The van der Waals surface area contributed by atoms with Gasteiger partial charge in [-0.1, -0.05) is 31.2 Å². The van der Waals surface area contributed by atoms with Crippen molar-refractivity contribution in [1.82, 2.24) is 14.9 Å². The van der Waals surface area contributed by atoms with Gasteiger partial charge in [0.1, 0.15) is 11.6 Å². The molecule has 3 fully saturated rings. The van der Waals surface area contributed by atoms with Crippen molar-refractivity contribution >= 4 is 5.91 Å². The summed E-state index contributed by atoms with van der Waals surface area (Å²) in [5.74, 6) is 1.55. The van der Waals surface area contributed by atoms with Crippen LogP contribution >= 0.6 is 0 Å². The lowest BCUT2D eigenvalue weighted by Crippen LogP contribution is -2.65. The highest BCUT2D eigenvalue weighted by Gasteiger charge is 2.47. The van der Waals surface area contributed by atoms with E-state index in [1.807, 2.05) is 29.3 Å². The topological polar surface area (TPSA) is 36.0 Å². The Kier molecular flexibility index (Phi) is 6.89. The van der Waals surface area contributed by atoms with Crippen molar-refractivity contribution < 1.29 is 13.9 Å². The Labute approximate surface area is 202 Å². The lowest BCUT2D eigenvalue weighted by Gasteiger charge is -2.55. The van der Waals surface area contributed by atoms with Gasteiger partial charge in [0, 0.05) is 18.5 Å². The maximum atomic E-state index is 13.6. The second-order valence-corrected chi connectivity index (χ2v) is 10.2. The Balaban J connectivity index is 1.36. The number of ether oxygens (including phenoxy) is 1. The van der Waals surface area contributed by atoms with Crippen LogP contribution in [0.1, 0.15) is 56.6 Å². The highest BCUT2D eigenvalue weighted by atomic mass is 19.1. The average Bonchev–Trinajstić information content (AvgIpc) is 3.70. The molecule has 182 valence electrons. The van der Waals surface area contributed by atoms with E-state index in [0.29, 0.717) is 19.5 Å². The van der Waals surface area contributed by atoms with Crippen LogP contribution in [0.4, 0.5) is 4.39 Å². The first-order valence-corrected chi connectivity index (χ1v) is 12.8. The highest BCUT2D eigenvalue weighted by molar-refractivity contribution is 5.76. The molecule has 2 aromatic carbocycles. The lowest BCUT2D eigenvalue weighted by atomic mass is 9.80. The van der Waals surface area contributed by atoms with Gasteiger partial charge in [0.2, 0.25) is 5.91 Å². The van der Waals surface area contributed by atoms with Crippen molar-refractivity contribution in [2.24, 2.45) is 5.92 Å². The summed E-state index contributed by atoms with van der Waals surface area (Å²) in [4.78, 5) is 15.7. The Hall–Kier alpha value is -2.44. The summed E-state index contributed by atoms with van der Waals surface area (Å²) in [5.41, 5.74) is 2.09. The van der Waals surface area contributed by atoms with E-state index in [4.69, 9.17) is 4.74 Å². The first-order chi connectivity index (χ1) is 16.5. The smallest absolute Gasteiger partial charge is 0.237 e. The van der Waals surface area contributed by atoms with Crippen LogP contribution in [0.2, 0.25) is 0 Å². The molecule has 5 rings (SSSR count). The van der Waals surface area contributed by atoms with Crippen molar-refractivity contribution in [2.45, 2.75) is 64.1 Å². The summed E-state index contributed by atoms with van der Waals surface area (Å²) in [5, 5.41) is 4.28. The number of carbonyl (C=O) groups is 1. The van der Waals surface area contributed by atoms with Crippen LogP contribution in [-0.2, 0) is 17.9 Å². The molecule has 0 aromatic heterocycles.